The van der Waals surface area contributed by atoms with Crippen molar-refractivity contribution >= 4 is 11.7 Å². The quantitative estimate of drug-likeness (QED) is 0.165. The average molecular weight is 513 g/mol. The van der Waals surface area contributed by atoms with Gasteiger partial charge in [0, 0.05) is 35.3 Å². The molecule has 0 aliphatic heterocycles. The zero-order valence-electron chi connectivity index (χ0n) is 21.8. The minimum Gasteiger partial charge on any atom is -0.456 e. The van der Waals surface area contributed by atoms with Gasteiger partial charge < -0.3 is 15.9 Å². The lowest BCUT2D eigenvalue weighted by Gasteiger charge is -2.04. The molecule has 0 bridgehead atoms. The molecule has 0 unspecified atom stereocenters. The van der Waals surface area contributed by atoms with E-state index >= 15 is 0 Å². The molecule has 0 spiro atoms. The molecule has 5 rings (SSSR count). The second kappa shape index (κ2) is 12.6. The fraction of sp³-hybridized carbons (Fsp3) is 0.118. The highest BCUT2D eigenvalue weighted by Gasteiger charge is 2.09. The van der Waals surface area contributed by atoms with Crippen molar-refractivity contribution in [3.05, 3.63) is 144 Å². The molecule has 39 heavy (non-hydrogen) atoms. The standard InChI is InChI=1S/C34H32N4O/c35-33(37-23-21-25-7-3-1-4-8-25)29-15-11-27(12-16-29)31-19-20-32(39-31)28-13-17-30(18-14-28)34(36)38-24-22-26-9-5-2-6-10-26/h1-20H,21-24H2,(H2,35,37)(H2,36,38). The molecule has 0 aliphatic rings. The molecular weight excluding hydrogens is 480 g/mol. The minimum absolute atomic E-state index is 0.542. The fourth-order valence-electron chi connectivity index (χ4n) is 4.34. The summed E-state index contributed by atoms with van der Waals surface area (Å²) in [4.78, 5) is 9.08. The number of nitrogens with two attached hydrogens (primary N) is 2. The number of benzene rings is 4. The summed E-state index contributed by atoms with van der Waals surface area (Å²) in [5, 5.41) is 0. The van der Waals surface area contributed by atoms with Crippen molar-refractivity contribution in [1.29, 1.82) is 0 Å². The Bertz CT molecular complexity index is 1420. The first-order valence-corrected chi connectivity index (χ1v) is 13.1. The third kappa shape index (κ3) is 6.90. The van der Waals surface area contributed by atoms with Crippen LogP contribution in [0, 0.1) is 0 Å². The molecule has 0 atom stereocenters. The lowest BCUT2D eigenvalue weighted by Crippen LogP contribution is -2.14. The molecule has 0 fully saturated rings. The predicted octanol–water partition coefficient (Wildman–Crippen LogP) is 6.51. The summed E-state index contributed by atoms with van der Waals surface area (Å²) in [6.45, 7) is 1.31. The van der Waals surface area contributed by atoms with Crippen molar-refractivity contribution < 1.29 is 4.42 Å². The van der Waals surface area contributed by atoms with Crippen LogP contribution in [0.2, 0.25) is 0 Å². The van der Waals surface area contributed by atoms with E-state index in [0.29, 0.717) is 24.8 Å². The van der Waals surface area contributed by atoms with E-state index in [1.807, 2.05) is 97.1 Å². The molecular formula is C34H32N4O. The van der Waals surface area contributed by atoms with E-state index in [4.69, 9.17) is 15.9 Å². The van der Waals surface area contributed by atoms with Crippen LogP contribution in [0.1, 0.15) is 22.3 Å². The Morgan fingerprint density at radius 2 is 0.872 bits per heavy atom. The van der Waals surface area contributed by atoms with Gasteiger partial charge in [-0.1, -0.05) is 109 Å². The molecule has 0 saturated carbocycles. The minimum atomic E-state index is 0.542. The maximum absolute atomic E-state index is 6.22. The summed E-state index contributed by atoms with van der Waals surface area (Å²) in [6.07, 6.45) is 1.73. The summed E-state index contributed by atoms with van der Waals surface area (Å²) >= 11 is 0. The van der Waals surface area contributed by atoms with Crippen LogP contribution < -0.4 is 11.5 Å². The molecule has 0 amide bonds. The molecule has 1 heterocycles. The van der Waals surface area contributed by atoms with Crippen LogP contribution in [0.15, 0.2) is 136 Å². The van der Waals surface area contributed by atoms with Gasteiger partial charge in [0.1, 0.15) is 23.2 Å². The number of nitrogens with zero attached hydrogens (tertiary/aromatic N) is 2. The van der Waals surface area contributed by atoms with Gasteiger partial charge in [-0.25, -0.2) is 0 Å². The van der Waals surface area contributed by atoms with Crippen LogP contribution in [0.25, 0.3) is 22.6 Å². The Morgan fingerprint density at radius 1 is 0.487 bits per heavy atom. The van der Waals surface area contributed by atoms with E-state index in [-0.39, 0.29) is 0 Å². The molecule has 5 aromatic rings. The Morgan fingerprint density at radius 3 is 1.26 bits per heavy atom. The smallest absolute Gasteiger partial charge is 0.134 e. The number of hydrogen-bond donors (Lipinski definition) is 2. The second-order valence-electron chi connectivity index (χ2n) is 9.32. The van der Waals surface area contributed by atoms with Crippen molar-refractivity contribution in [3.63, 3.8) is 0 Å². The van der Waals surface area contributed by atoms with Crippen LogP contribution in [-0.2, 0) is 12.8 Å². The number of furan rings is 1. The van der Waals surface area contributed by atoms with Crippen molar-refractivity contribution in [3.8, 4) is 22.6 Å². The highest BCUT2D eigenvalue weighted by Crippen LogP contribution is 2.29. The van der Waals surface area contributed by atoms with E-state index in [0.717, 1.165) is 46.6 Å². The van der Waals surface area contributed by atoms with Gasteiger partial charge in [-0.2, -0.15) is 0 Å². The highest BCUT2D eigenvalue weighted by atomic mass is 16.3. The van der Waals surface area contributed by atoms with E-state index in [1.54, 1.807) is 0 Å². The van der Waals surface area contributed by atoms with E-state index in [9.17, 15) is 0 Å². The number of rotatable bonds is 10. The van der Waals surface area contributed by atoms with Crippen LogP contribution in [0.3, 0.4) is 0 Å². The maximum Gasteiger partial charge on any atom is 0.134 e. The first-order valence-electron chi connectivity index (χ1n) is 13.1. The monoisotopic (exact) mass is 512 g/mol. The third-order valence-electron chi connectivity index (χ3n) is 6.59. The Hall–Kier alpha value is -4.90. The van der Waals surface area contributed by atoms with Crippen LogP contribution in [0.4, 0.5) is 0 Å². The highest BCUT2D eigenvalue weighted by molar-refractivity contribution is 5.98. The van der Waals surface area contributed by atoms with Crippen molar-refractivity contribution in [2.75, 3.05) is 13.1 Å². The van der Waals surface area contributed by atoms with Gasteiger partial charge in [-0.05, 0) is 36.1 Å². The normalized spacial score (nSPS) is 12.0. The molecule has 5 heteroatoms. The summed E-state index contributed by atoms with van der Waals surface area (Å²) in [5.74, 6) is 2.67. The van der Waals surface area contributed by atoms with E-state index in [1.165, 1.54) is 11.1 Å². The van der Waals surface area contributed by atoms with Gasteiger partial charge in [-0.3, -0.25) is 9.98 Å². The maximum atomic E-state index is 6.22. The third-order valence-corrected chi connectivity index (χ3v) is 6.59. The Kier molecular flexibility index (Phi) is 8.29. The fourth-order valence-corrected chi connectivity index (χ4v) is 4.34. The van der Waals surface area contributed by atoms with Gasteiger partial charge in [0.25, 0.3) is 0 Å². The van der Waals surface area contributed by atoms with Crippen LogP contribution in [-0.4, -0.2) is 24.8 Å². The van der Waals surface area contributed by atoms with E-state index in [2.05, 4.69) is 34.3 Å². The summed E-state index contributed by atoms with van der Waals surface area (Å²) in [5.41, 5.74) is 18.7. The summed E-state index contributed by atoms with van der Waals surface area (Å²) in [7, 11) is 0. The van der Waals surface area contributed by atoms with Gasteiger partial charge in [0.2, 0.25) is 0 Å². The molecule has 1 aromatic heterocycles. The van der Waals surface area contributed by atoms with Gasteiger partial charge >= 0.3 is 0 Å². The van der Waals surface area contributed by atoms with Crippen LogP contribution >= 0.6 is 0 Å². The van der Waals surface area contributed by atoms with Gasteiger partial charge in [0.15, 0.2) is 0 Å². The van der Waals surface area contributed by atoms with Crippen molar-refractivity contribution in [2.45, 2.75) is 12.8 Å². The topological polar surface area (TPSA) is 89.9 Å². The zero-order valence-corrected chi connectivity index (χ0v) is 21.8. The summed E-state index contributed by atoms with van der Waals surface area (Å²) in [6, 6.07) is 40.5. The lowest BCUT2D eigenvalue weighted by molar-refractivity contribution is 0.597. The number of aliphatic imine (C=N–C) groups is 2. The molecule has 194 valence electrons. The van der Waals surface area contributed by atoms with Gasteiger partial charge in [0.05, 0.1) is 0 Å². The molecule has 4 aromatic carbocycles. The zero-order chi connectivity index (χ0) is 26.9. The second-order valence-corrected chi connectivity index (χ2v) is 9.32. The predicted molar refractivity (Wildman–Crippen MR) is 161 cm³/mol. The molecule has 0 aliphatic carbocycles. The largest absolute Gasteiger partial charge is 0.456 e. The van der Waals surface area contributed by atoms with Crippen LogP contribution in [0.5, 0.6) is 0 Å². The summed E-state index contributed by atoms with van der Waals surface area (Å²) < 4.78 is 6.16. The molecule has 0 radical (unpaired) electrons. The van der Waals surface area contributed by atoms with Crippen molar-refractivity contribution in [2.24, 2.45) is 21.5 Å². The number of amidine groups is 2. The Balaban J connectivity index is 1.19. The first kappa shape index (κ1) is 25.7. The Labute approximate surface area is 229 Å². The first-order chi connectivity index (χ1) is 19.2. The number of hydrogen-bond acceptors (Lipinski definition) is 3. The average Bonchev–Trinajstić information content (AvgIpc) is 3.49. The van der Waals surface area contributed by atoms with Gasteiger partial charge in [-0.15, -0.1) is 0 Å². The van der Waals surface area contributed by atoms with Crippen molar-refractivity contribution in [1.82, 2.24) is 0 Å². The molecule has 4 N–H and O–H groups in total. The SMILES string of the molecule is NC(=NCCc1ccccc1)c1ccc(-c2ccc(-c3ccc(C(N)=NCCc4ccccc4)cc3)o2)cc1. The van der Waals surface area contributed by atoms with E-state index < -0.39 is 0 Å². The lowest BCUT2D eigenvalue weighted by atomic mass is 10.1. The molecule has 0 saturated heterocycles. The molecule has 5 nitrogen and oxygen atoms in total.